The molecule has 0 saturated carbocycles. The van der Waals surface area contributed by atoms with Gasteiger partial charge in [-0.3, -0.25) is 9.97 Å². The first-order chi connectivity index (χ1) is 34.2. The van der Waals surface area contributed by atoms with Gasteiger partial charge in [-0.2, -0.15) is 5.26 Å². The molecular weight excluding hydrogens is 1070 g/mol. The number of pyridine rings is 2. The summed E-state index contributed by atoms with van der Waals surface area (Å²) in [6, 6.07) is 55.2. The van der Waals surface area contributed by atoms with E-state index in [0.717, 1.165) is 66.9 Å². The molecule has 10 aromatic rings. The zero-order chi connectivity index (χ0) is 51.3. The fraction of sp³-hybridized carbons (Fsp3) is 0.273. The van der Waals surface area contributed by atoms with E-state index in [2.05, 4.69) is 221 Å². The Bertz CT molecular complexity index is 3580. The van der Waals surface area contributed by atoms with Crippen LogP contribution in [0, 0.1) is 23.5 Å². The van der Waals surface area contributed by atoms with E-state index in [0.29, 0.717) is 5.56 Å². The Labute approximate surface area is 446 Å². The summed E-state index contributed by atoms with van der Waals surface area (Å²) in [6.07, 6.45) is 3.86. The number of para-hydroxylation sites is 2. The third-order valence-electron chi connectivity index (χ3n) is 13.6. The van der Waals surface area contributed by atoms with Gasteiger partial charge in [-0.1, -0.05) is 162 Å². The number of benzene rings is 6. The molecule has 6 nitrogen and oxygen atoms in total. The molecule has 0 atom stereocenters. The van der Waals surface area contributed by atoms with Crippen LogP contribution in [0.25, 0.3) is 83.7 Å². The molecule has 6 aromatic carbocycles. The number of hydrogen-bond acceptors (Lipinski definition) is 5. The Morgan fingerprint density at radius 2 is 1.19 bits per heavy atom. The Morgan fingerprint density at radius 3 is 1.79 bits per heavy atom. The maximum atomic E-state index is 8.88. The second-order valence-electron chi connectivity index (χ2n) is 22.8. The van der Waals surface area contributed by atoms with Crippen molar-refractivity contribution < 1.29 is 24.5 Å². The van der Waals surface area contributed by atoms with Gasteiger partial charge in [0.2, 0.25) is 0 Å². The van der Waals surface area contributed by atoms with Crippen LogP contribution in [0.2, 0.25) is 0 Å². The molecule has 73 heavy (non-hydrogen) atoms. The van der Waals surface area contributed by atoms with Gasteiger partial charge in [0.05, 0.1) is 34.2 Å². The van der Waals surface area contributed by atoms with Crippen molar-refractivity contribution in [2.75, 3.05) is 0 Å². The number of hydrogen-bond donors (Lipinski definition) is 0. The molecule has 4 heterocycles. The van der Waals surface area contributed by atoms with Crippen LogP contribution in [0.5, 0.6) is 0 Å². The first kappa shape index (κ1) is 52.4. The van der Waals surface area contributed by atoms with Crippen molar-refractivity contribution in [2.45, 2.75) is 118 Å². The van der Waals surface area contributed by atoms with E-state index in [-0.39, 0.29) is 48.2 Å². The monoisotopic (exact) mass is 1140 g/mol. The summed E-state index contributed by atoms with van der Waals surface area (Å²) < 4.78 is 9.25. The van der Waals surface area contributed by atoms with Crippen LogP contribution >= 0.6 is 0 Å². The van der Waals surface area contributed by atoms with Crippen molar-refractivity contribution >= 4 is 33.0 Å². The molecule has 0 aliphatic rings. The second kappa shape index (κ2) is 20.5. The van der Waals surface area contributed by atoms with Crippen LogP contribution in [-0.2, 0) is 36.4 Å². The molecule has 371 valence electrons. The minimum absolute atomic E-state index is 0. The summed E-state index contributed by atoms with van der Waals surface area (Å²) in [5.74, 6) is 1.35. The molecule has 0 aliphatic heterocycles. The molecule has 0 saturated heterocycles. The zero-order valence-electron chi connectivity index (χ0n) is 44.5. The van der Waals surface area contributed by atoms with Gasteiger partial charge in [0.15, 0.2) is 0 Å². The molecule has 1 radical (unpaired) electrons. The Morgan fingerprint density at radius 1 is 0.575 bits per heavy atom. The number of nitriles is 1. The average Bonchev–Trinajstić information content (AvgIpc) is 3.94. The van der Waals surface area contributed by atoms with Crippen molar-refractivity contribution in [3.05, 3.63) is 191 Å². The number of fused-ring (bicyclic) bond motifs is 4. The molecule has 0 amide bonds. The van der Waals surface area contributed by atoms with Gasteiger partial charge in [0.25, 0.3) is 0 Å². The minimum atomic E-state index is 0. The van der Waals surface area contributed by atoms with Crippen LogP contribution < -0.4 is 0 Å². The first-order valence-electron chi connectivity index (χ1n) is 25.2. The van der Waals surface area contributed by atoms with E-state index in [4.69, 9.17) is 19.6 Å². The van der Waals surface area contributed by atoms with E-state index in [1.807, 2.05) is 24.5 Å². The van der Waals surface area contributed by atoms with Gasteiger partial charge in [-0.15, -0.1) is 48.0 Å². The first-order valence-corrected chi connectivity index (χ1v) is 25.2. The largest absolute Gasteiger partial charge is 0.500 e. The summed E-state index contributed by atoms with van der Waals surface area (Å²) in [7, 11) is 0. The second-order valence-corrected chi connectivity index (χ2v) is 22.8. The molecule has 0 N–H and O–H groups in total. The molecular formula is C66H65IrN5O-2. The van der Waals surface area contributed by atoms with Crippen LogP contribution in [0.3, 0.4) is 0 Å². The van der Waals surface area contributed by atoms with E-state index in [1.165, 1.54) is 44.6 Å². The van der Waals surface area contributed by atoms with Crippen LogP contribution in [0.4, 0.5) is 0 Å². The minimum Gasteiger partial charge on any atom is -0.500 e. The van der Waals surface area contributed by atoms with Crippen molar-refractivity contribution in [1.82, 2.24) is 19.5 Å². The third kappa shape index (κ3) is 10.7. The number of rotatable bonds is 7. The molecule has 0 unspecified atom stereocenters. The fourth-order valence-corrected chi connectivity index (χ4v) is 9.32. The summed E-state index contributed by atoms with van der Waals surface area (Å²) >= 11 is 0. The van der Waals surface area contributed by atoms with Crippen molar-refractivity contribution in [2.24, 2.45) is 0 Å². The van der Waals surface area contributed by atoms with Crippen LogP contribution in [-0.4, -0.2) is 19.5 Å². The molecule has 0 fully saturated rings. The van der Waals surface area contributed by atoms with E-state index < -0.39 is 0 Å². The number of imidazole rings is 1. The van der Waals surface area contributed by atoms with Gasteiger partial charge in [-0.25, -0.2) is 0 Å². The third-order valence-corrected chi connectivity index (χ3v) is 13.6. The van der Waals surface area contributed by atoms with E-state index >= 15 is 0 Å². The topological polar surface area (TPSA) is 80.5 Å². The Kier molecular flexibility index (Phi) is 14.7. The summed E-state index contributed by atoms with van der Waals surface area (Å²) in [6.45, 7) is 29.2. The van der Waals surface area contributed by atoms with Gasteiger partial charge in [-0.05, 0) is 115 Å². The van der Waals surface area contributed by atoms with E-state index in [1.54, 1.807) is 18.2 Å². The van der Waals surface area contributed by atoms with Gasteiger partial charge in [0.1, 0.15) is 5.58 Å². The summed E-state index contributed by atoms with van der Waals surface area (Å²) in [5.41, 5.74) is 18.8. The van der Waals surface area contributed by atoms with E-state index in [9.17, 15) is 0 Å². The molecule has 0 bridgehead atoms. The summed E-state index contributed by atoms with van der Waals surface area (Å²) in [4.78, 5) is 14.9. The molecule has 4 aromatic heterocycles. The molecule has 0 aliphatic carbocycles. The molecule has 10 rings (SSSR count). The number of nitrogens with zero attached hydrogens (tertiary/aromatic N) is 5. The van der Waals surface area contributed by atoms with Crippen molar-refractivity contribution in [3.8, 4) is 56.8 Å². The Balaban J connectivity index is 0.000000316. The average molecular weight is 1140 g/mol. The van der Waals surface area contributed by atoms with Crippen LogP contribution in [0.15, 0.2) is 150 Å². The molecule has 7 heteroatoms. The maximum absolute atomic E-state index is 8.88. The predicted octanol–water partition coefficient (Wildman–Crippen LogP) is 17.7. The maximum Gasteiger partial charge on any atom is 0.124 e. The van der Waals surface area contributed by atoms with Gasteiger partial charge in [0, 0.05) is 55.2 Å². The molecule has 0 spiro atoms. The van der Waals surface area contributed by atoms with Crippen LogP contribution in [0.1, 0.15) is 135 Å². The van der Waals surface area contributed by atoms with Crippen molar-refractivity contribution in [3.63, 3.8) is 0 Å². The fourth-order valence-electron chi connectivity index (χ4n) is 9.32. The SMILES string of the molecule is CC(C)(C)c1ccc(-c2[c-]ccc(C#N)c2)nc1.CC(C)c1cc(-c2ccccc2)cc(C(C)C)c1-n1c(-c2[c-]ccc3c2oc2cc(-c4cc(C(C)(C)C)cc(C(C)(C)C)c4)ncc23)nc2ccccc21.[Ir]. The standard InChI is InChI=1S/C50H50N3O.C16H15N2.Ir/c1-30(2)39-25-33(32-17-12-11-13-18-32)26-40(31(3)4)46(39)53-44-22-15-14-21-42(44)52-48(53)38-20-16-19-37-41-29-51-43(28-45(41)54-47(37)38)34-23-35(49(5,6)7)27-36(24-34)50(8,9)10;1-16(2,3)14-7-8-15(18-11-14)13-6-4-5-12(9-13)10-17;/h11-19,21-31H,1-10H3;4-5,7-9,11H,1-3H3;/q2*-1;. The van der Waals surface area contributed by atoms with Crippen molar-refractivity contribution in [1.29, 1.82) is 5.26 Å². The summed E-state index contributed by atoms with van der Waals surface area (Å²) in [5, 5.41) is 10.9. The predicted molar refractivity (Wildman–Crippen MR) is 299 cm³/mol. The van der Waals surface area contributed by atoms with Gasteiger partial charge < -0.3 is 14.0 Å². The zero-order valence-corrected chi connectivity index (χ0v) is 46.9. The Hall–Kier alpha value is -6.97. The normalized spacial score (nSPS) is 12.0. The van der Waals surface area contributed by atoms with Gasteiger partial charge >= 0.3 is 0 Å². The number of furan rings is 1. The quantitative estimate of drug-likeness (QED) is 0.149. The number of aromatic nitrogens is 4. The smallest absolute Gasteiger partial charge is 0.124 e.